The molecule has 0 saturated heterocycles. The van der Waals surface area contributed by atoms with Gasteiger partial charge in [0.25, 0.3) is 0 Å². The molecule has 0 aliphatic carbocycles. The first-order valence-corrected chi connectivity index (χ1v) is 9.60. The van der Waals surface area contributed by atoms with Crippen LogP contribution in [-0.2, 0) is 14.3 Å². The number of hydrogen-bond acceptors (Lipinski definition) is 4. The molecule has 0 spiro atoms. The highest BCUT2D eigenvalue weighted by Crippen LogP contribution is 2.44. The highest BCUT2D eigenvalue weighted by molar-refractivity contribution is 9.10. The maximum absolute atomic E-state index is 13.1. The Kier molecular flexibility index (Phi) is 4.74. The lowest BCUT2D eigenvalue weighted by Gasteiger charge is -2.32. The molecule has 0 fully saturated rings. The first kappa shape index (κ1) is 17.8. The first-order valence-electron chi connectivity index (χ1n) is 8.80. The van der Waals surface area contributed by atoms with Gasteiger partial charge in [0.1, 0.15) is 12.4 Å². The lowest BCUT2D eigenvalue weighted by atomic mass is 9.83. The van der Waals surface area contributed by atoms with Crippen LogP contribution in [0.2, 0.25) is 0 Å². The minimum Gasteiger partial charge on any atom is -0.494 e. The zero-order valence-corrected chi connectivity index (χ0v) is 16.4. The van der Waals surface area contributed by atoms with Gasteiger partial charge in [-0.3, -0.25) is 9.69 Å². The second-order valence-electron chi connectivity index (χ2n) is 6.37. The van der Waals surface area contributed by atoms with Crippen LogP contribution in [0.25, 0.3) is 0 Å². The molecule has 138 valence electrons. The fourth-order valence-corrected chi connectivity index (χ4v) is 4.08. The van der Waals surface area contributed by atoms with E-state index >= 15 is 0 Å². The second kappa shape index (κ2) is 7.19. The summed E-state index contributed by atoms with van der Waals surface area (Å²) in [6.07, 6.45) is 0.185. The maximum atomic E-state index is 13.1. The zero-order chi connectivity index (χ0) is 19.0. The summed E-state index contributed by atoms with van der Waals surface area (Å²) in [5.41, 5.74) is 2.72. The molecule has 0 saturated carbocycles. The van der Waals surface area contributed by atoms with E-state index in [2.05, 4.69) is 15.9 Å². The van der Waals surface area contributed by atoms with E-state index in [1.54, 1.807) is 4.90 Å². The number of hydrogen-bond donors (Lipinski definition) is 0. The number of benzene rings is 2. The van der Waals surface area contributed by atoms with Crippen LogP contribution in [-0.4, -0.2) is 25.1 Å². The lowest BCUT2D eigenvalue weighted by Crippen LogP contribution is -2.37. The molecule has 1 atom stereocenters. The number of esters is 1. The molecule has 27 heavy (non-hydrogen) atoms. The van der Waals surface area contributed by atoms with E-state index < -0.39 is 0 Å². The van der Waals surface area contributed by atoms with Gasteiger partial charge in [-0.2, -0.15) is 0 Å². The molecule has 0 N–H and O–H groups in total. The Morgan fingerprint density at radius 1 is 1.19 bits per heavy atom. The largest absolute Gasteiger partial charge is 0.494 e. The molecule has 2 aliphatic heterocycles. The van der Waals surface area contributed by atoms with Crippen molar-refractivity contribution < 1.29 is 19.1 Å². The van der Waals surface area contributed by atoms with Gasteiger partial charge in [0, 0.05) is 28.1 Å². The highest BCUT2D eigenvalue weighted by atomic mass is 79.9. The number of carbonyl (C=O) groups is 2. The van der Waals surface area contributed by atoms with Crippen LogP contribution >= 0.6 is 15.9 Å². The summed E-state index contributed by atoms with van der Waals surface area (Å²) in [4.78, 5) is 27.2. The molecule has 2 heterocycles. The van der Waals surface area contributed by atoms with Crippen molar-refractivity contribution in [2.75, 3.05) is 18.1 Å². The topological polar surface area (TPSA) is 55.8 Å². The van der Waals surface area contributed by atoms with Crippen LogP contribution in [0.3, 0.4) is 0 Å². The van der Waals surface area contributed by atoms with E-state index in [-0.39, 0.29) is 30.8 Å². The Morgan fingerprint density at radius 2 is 2.00 bits per heavy atom. The molecular weight excluding hydrogens is 410 g/mol. The summed E-state index contributed by atoms with van der Waals surface area (Å²) in [6.45, 7) is 2.52. The molecule has 1 amide bonds. The zero-order valence-electron chi connectivity index (χ0n) is 14.8. The van der Waals surface area contributed by atoms with Gasteiger partial charge in [-0.05, 0) is 31.2 Å². The molecule has 2 aromatic rings. The van der Waals surface area contributed by atoms with Gasteiger partial charge in [0.15, 0.2) is 0 Å². The number of halogens is 1. The Labute approximate surface area is 165 Å². The molecule has 5 nitrogen and oxygen atoms in total. The Balaban J connectivity index is 1.84. The quantitative estimate of drug-likeness (QED) is 0.686. The van der Waals surface area contributed by atoms with Crippen molar-refractivity contribution in [3.63, 3.8) is 0 Å². The fourth-order valence-electron chi connectivity index (χ4n) is 3.69. The third kappa shape index (κ3) is 3.14. The van der Waals surface area contributed by atoms with Crippen LogP contribution in [0.5, 0.6) is 5.75 Å². The van der Waals surface area contributed by atoms with Crippen molar-refractivity contribution in [2.24, 2.45) is 0 Å². The Morgan fingerprint density at radius 3 is 2.78 bits per heavy atom. The molecule has 2 aliphatic rings. The van der Waals surface area contributed by atoms with Crippen molar-refractivity contribution in [1.82, 2.24) is 0 Å². The van der Waals surface area contributed by atoms with E-state index in [0.29, 0.717) is 23.6 Å². The van der Waals surface area contributed by atoms with Gasteiger partial charge in [-0.1, -0.05) is 40.2 Å². The second-order valence-corrected chi connectivity index (χ2v) is 7.29. The van der Waals surface area contributed by atoms with E-state index in [9.17, 15) is 9.59 Å². The van der Waals surface area contributed by atoms with Gasteiger partial charge in [0.05, 0.1) is 17.9 Å². The maximum Gasteiger partial charge on any atom is 0.336 e. The summed E-state index contributed by atoms with van der Waals surface area (Å²) in [5, 5.41) is 0. The number of nitrogens with zero attached hydrogens (tertiary/aromatic N) is 1. The smallest absolute Gasteiger partial charge is 0.336 e. The first-order chi connectivity index (χ1) is 13.1. The molecule has 0 radical (unpaired) electrons. The number of carbonyl (C=O) groups excluding carboxylic acids is 2. The third-order valence-corrected chi connectivity index (χ3v) is 5.27. The van der Waals surface area contributed by atoms with Crippen LogP contribution in [0.1, 0.15) is 24.8 Å². The van der Waals surface area contributed by atoms with Crippen molar-refractivity contribution in [3.05, 3.63) is 69.8 Å². The van der Waals surface area contributed by atoms with E-state index in [1.165, 1.54) is 0 Å². The van der Waals surface area contributed by atoms with Crippen LogP contribution in [0.15, 0.2) is 64.3 Å². The molecule has 2 aromatic carbocycles. The summed E-state index contributed by atoms with van der Waals surface area (Å²) in [7, 11) is 0. The monoisotopic (exact) mass is 427 g/mol. The average Bonchev–Trinajstić information content (AvgIpc) is 3.03. The molecule has 0 unspecified atom stereocenters. The van der Waals surface area contributed by atoms with E-state index in [1.807, 2.05) is 55.5 Å². The summed E-state index contributed by atoms with van der Waals surface area (Å²) >= 11 is 3.44. The number of amides is 1. The molecule has 0 aromatic heterocycles. The van der Waals surface area contributed by atoms with Crippen molar-refractivity contribution in [2.45, 2.75) is 19.3 Å². The van der Waals surface area contributed by atoms with E-state index in [4.69, 9.17) is 9.47 Å². The van der Waals surface area contributed by atoms with Gasteiger partial charge >= 0.3 is 5.97 Å². The third-order valence-electron chi connectivity index (χ3n) is 4.78. The Bertz CT molecular complexity index is 953. The number of rotatable bonds is 4. The predicted molar refractivity (Wildman–Crippen MR) is 105 cm³/mol. The van der Waals surface area contributed by atoms with E-state index in [0.717, 1.165) is 15.7 Å². The minimum absolute atomic E-state index is 0.0681. The van der Waals surface area contributed by atoms with Crippen molar-refractivity contribution in [1.29, 1.82) is 0 Å². The van der Waals surface area contributed by atoms with Crippen LogP contribution in [0.4, 0.5) is 5.69 Å². The van der Waals surface area contributed by atoms with Crippen molar-refractivity contribution in [3.8, 4) is 5.75 Å². The van der Waals surface area contributed by atoms with Crippen molar-refractivity contribution >= 4 is 33.5 Å². The summed E-state index contributed by atoms with van der Waals surface area (Å²) in [5.74, 6) is -0.107. The standard InChI is InChI=1S/C21H18BrNO4/c1-2-26-18-9-4-3-8-15(18)16-11-19(24)23(14-7-5-6-13(22)10-14)17-12-27-21(25)20(16)17/h3-10,16H,2,11-12H2,1H3/t16-/m1/s1. The average molecular weight is 428 g/mol. The normalized spacial score (nSPS) is 19.2. The molecule has 4 rings (SSSR count). The molecule has 0 bridgehead atoms. The van der Waals surface area contributed by atoms with Gasteiger partial charge < -0.3 is 9.47 Å². The number of ether oxygens (including phenoxy) is 2. The Hall–Kier alpha value is -2.60. The molecular formula is C21H18BrNO4. The SMILES string of the molecule is CCOc1ccccc1[C@H]1CC(=O)N(c2cccc(Br)c2)C2=C1C(=O)OC2. The van der Waals surface area contributed by atoms with Crippen LogP contribution in [0, 0.1) is 0 Å². The highest BCUT2D eigenvalue weighted by Gasteiger charge is 2.43. The minimum atomic E-state index is -0.367. The van der Waals surface area contributed by atoms with Crippen LogP contribution < -0.4 is 9.64 Å². The summed E-state index contributed by atoms with van der Waals surface area (Å²) in [6, 6.07) is 15.0. The lowest BCUT2D eigenvalue weighted by molar-refractivity contribution is -0.136. The predicted octanol–water partition coefficient (Wildman–Crippen LogP) is 4.18. The summed E-state index contributed by atoms with van der Waals surface area (Å²) < 4.78 is 11.9. The molecule has 6 heteroatoms. The van der Waals surface area contributed by atoms with Gasteiger partial charge in [-0.15, -0.1) is 0 Å². The number of anilines is 1. The number of para-hydroxylation sites is 1. The van der Waals surface area contributed by atoms with Gasteiger partial charge in [-0.25, -0.2) is 4.79 Å². The van der Waals surface area contributed by atoms with Gasteiger partial charge in [0.2, 0.25) is 5.91 Å². The number of cyclic esters (lactones) is 1. The fraction of sp³-hybridized carbons (Fsp3) is 0.238.